The van der Waals surface area contributed by atoms with Crippen LogP contribution in [-0.4, -0.2) is 17.8 Å². The van der Waals surface area contributed by atoms with Gasteiger partial charge < -0.3 is 9.32 Å². The maximum absolute atomic E-state index is 11.8. The zero-order valence-corrected chi connectivity index (χ0v) is 11.9. The topological polar surface area (TPSA) is 46.3 Å². The molecule has 2 aromatic rings. The van der Waals surface area contributed by atoms with E-state index in [-0.39, 0.29) is 5.78 Å². The van der Waals surface area contributed by atoms with Crippen molar-refractivity contribution in [2.75, 3.05) is 11.9 Å². The van der Waals surface area contributed by atoms with Gasteiger partial charge in [0.25, 0.3) is 0 Å². The van der Waals surface area contributed by atoms with Crippen molar-refractivity contribution in [1.82, 2.24) is 4.98 Å². The van der Waals surface area contributed by atoms with E-state index in [9.17, 15) is 4.79 Å². The van der Waals surface area contributed by atoms with E-state index in [1.165, 1.54) is 11.3 Å². The second kappa shape index (κ2) is 4.81. The molecule has 0 N–H and O–H groups in total. The van der Waals surface area contributed by atoms with Crippen LogP contribution in [0.4, 0.5) is 5.13 Å². The summed E-state index contributed by atoms with van der Waals surface area (Å²) in [7, 11) is 1.98. The molecule has 0 spiro atoms. The third-order valence-electron chi connectivity index (χ3n) is 3.27. The molecule has 0 fully saturated rings. The summed E-state index contributed by atoms with van der Waals surface area (Å²) >= 11 is 1.50. The van der Waals surface area contributed by atoms with E-state index in [1.807, 2.05) is 31.0 Å². The van der Waals surface area contributed by atoms with Crippen molar-refractivity contribution >= 4 is 22.3 Å². The molecule has 0 radical (unpaired) electrons. The molecule has 0 saturated heterocycles. The van der Waals surface area contributed by atoms with Crippen LogP contribution >= 0.6 is 11.3 Å². The highest BCUT2D eigenvalue weighted by molar-refractivity contribution is 7.17. The van der Waals surface area contributed by atoms with Crippen molar-refractivity contribution < 1.29 is 9.21 Å². The van der Waals surface area contributed by atoms with Gasteiger partial charge in [0.15, 0.2) is 10.9 Å². The van der Waals surface area contributed by atoms with Crippen LogP contribution in [0.2, 0.25) is 0 Å². The molecule has 19 heavy (non-hydrogen) atoms. The van der Waals surface area contributed by atoms with Gasteiger partial charge in [-0.3, -0.25) is 4.79 Å². The molecule has 0 unspecified atom stereocenters. The minimum absolute atomic E-state index is 0.243. The highest BCUT2D eigenvalue weighted by Crippen LogP contribution is 2.31. The summed E-state index contributed by atoms with van der Waals surface area (Å²) in [5.74, 6) is 2.07. The van der Waals surface area contributed by atoms with Crippen LogP contribution in [0.25, 0.3) is 0 Å². The van der Waals surface area contributed by atoms with Crippen LogP contribution in [0.1, 0.15) is 39.7 Å². The molecule has 0 saturated carbocycles. The Morgan fingerprint density at radius 2 is 2.26 bits per heavy atom. The van der Waals surface area contributed by atoms with Gasteiger partial charge in [-0.25, -0.2) is 4.98 Å². The summed E-state index contributed by atoms with van der Waals surface area (Å²) in [6, 6.07) is 3.93. The third-order valence-corrected chi connectivity index (χ3v) is 4.53. The number of furan rings is 1. The maximum Gasteiger partial charge on any atom is 0.186 e. The van der Waals surface area contributed by atoms with Crippen LogP contribution in [0.15, 0.2) is 16.5 Å². The summed E-state index contributed by atoms with van der Waals surface area (Å²) in [6.07, 6.45) is 2.51. The molecule has 1 aliphatic rings. The standard InChI is InChI=1S/C14H16N2O2S/c1-9-6-7-10(18-9)8-16(2)14-15-11-4-3-5-12(17)13(11)19-14/h6-7H,3-5,8H2,1-2H3. The summed E-state index contributed by atoms with van der Waals surface area (Å²) in [6.45, 7) is 2.61. The number of hydrogen-bond acceptors (Lipinski definition) is 5. The van der Waals surface area contributed by atoms with Gasteiger partial charge in [-0.2, -0.15) is 0 Å². The van der Waals surface area contributed by atoms with Gasteiger partial charge in [-0.1, -0.05) is 11.3 Å². The Kier molecular flexibility index (Phi) is 3.14. The lowest BCUT2D eigenvalue weighted by Gasteiger charge is -2.13. The number of aryl methyl sites for hydroxylation is 2. The molecule has 2 heterocycles. The van der Waals surface area contributed by atoms with Crippen molar-refractivity contribution in [1.29, 1.82) is 0 Å². The number of fused-ring (bicyclic) bond motifs is 1. The van der Waals surface area contributed by atoms with Crippen LogP contribution in [0.3, 0.4) is 0 Å². The van der Waals surface area contributed by atoms with Gasteiger partial charge in [-0.15, -0.1) is 0 Å². The highest BCUT2D eigenvalue weighted by atomic mass is 32.1. The quantitative estimate of drug-likeness (QED) is 0.863. The molecular weight excluding hydrogens is 260 g/mol. The Labute approximate surface area is 116 Å². The van der Waals surface area contributed by atoms with Crippen LogP contribution in [0.5, 0.6) is 0 Å². The zero-order valence-electron chi connectivity index (χ0n) is 11.1. The monoisotopic (exact) mass is 276 g/mol. The van der Waals surface area contributed by atoms with E-state index >= 15 is 0 Å². The normalized spacial score (nSPS) is 14.5. The molecule has 100 valence electrons. The third kappa shape index (κ3) is 2.42. The smallest absolute Gasteiger partial charge is 0.186 e. The fourth-order valence-corrected chi connectivity index (χ4v) is 3.33. The van der Waals surface area contributed by atoms with Gasteiger partial charge in [-0.05, 0) is 31.9 Å². The lowest BCUT2D eigenvalue weighted by atomic mass is 10.0. The lowest BCUT2D eigenvalue weighted by molar-refractivity contribution is 0.0976. The Balaban J connectivity index is 1.80. The number of anilines is 1. The molecule has 0 bridgehead atoms. The lowest BCUT2D eigenvalue weighted by Crippen LogP contribution is -2.15. The predicted molar refractivity (Wildman–Crippen MR) is 74.9 cm³/mol. The van der Waals surface area contributed by atoms with Gasteiger partial charge >= 0.3 is 0 Å². The van der Waals surface area contributed by atoms with Crippen molar-refractivity contribution in [3.05, 3.63) is 34.2 Å². The number of thiazole rings is 1. The molecule has 2 aromatic heterocycles. The molecule has 5 heteroatoms. The average molecular weight is 276 g/mol. The number of rotatable bonds is 3. The minimum atomic E-state index is 0.243. The fraction of sp³-hybridized carbons (Fsp3) is 0.429. The number of ketones is 1. The Morgan fingerprint density at radius 1 is 1.42 bits per heavy atom. The molecular formula is C14H16N2O2S. The fourth-order valence-electron chi connectivity index (χ4n) is 2.29. The van der Waals surface area contributed by atoms with Gasteiger partial charge in [0.1, 0.15) is 11.5 Å². The van der Waals surface area contributed by atoms with Crippen molar-refractivity contribution in [2.45, 2.75) is 32.7 Å². The summed E-state index contributed by atoms with van der Waals surface area (Å²) in [5.41, 5.74) is 0.971. The van der Waals surface area contributed by atoms with E-state index in [2.05, 4.69) is 4.98 Å². The van der Waals surface area contributed by atoms with Crippen LogP contribution in [-0.2, 0) is 13.0 Å². The van der Waals surface area contributed by atoms with Crippen molar-refractivity contribution in [3.63, 3.8) is 0 Å². The number of hydrogen-bond donors (Lipinski definition) is 0. The number of aromatic nitrogens is 1. The van der Waals surface area contributed by atoms with Crippen molar-refractivity contribution in [3.8, 4) is 0 Å². The molecule has 4 nitrogen and oxygen atoms in total. The SMILES string of the molecule is Cc1ccc(CN(C)c2nc3c(s2)C(=O)CCC3)o1. The first-order chi connectivity index (χ1) is 9.13. The Morgan fingerprint density at radius 3 is 2.95 bits per heavy atom. The van der Waals surface area contributed by atoms with Crippen LogP contribution < -0.4 is 4.90 Å². The summed E-state index contributed by atoms with van der Waals surface area (Å²) in [4.78, 5) is 19.3. The van der Waals surface area contributed by atoms with E-state index in [1.54, 1.807) is 0 Å². The highest BCUT2D eigenvalue weighted by Gasteiger charge is 2.23. The van der Waals surface area contributed by atoms with E-state index in [4.69, 9.17) is 4.42 Å². The van der Waals surface area contributed by atoms with Crippen molar-refractivity contribution in [2.24, 2.45) is 0 Å². The zero-order chi connectivity index (χ0) is 13.4. The number of carbonyl (C=O) groups is 1. The molecule has 1 aliphatic carbocycles. The number of Topliss-reactive ketones (excluding diaryl/α,β-unsaturated/α-hetero) is 1. The molecule has 0 atom stereocenters. The van der Waals surface area contributed by atoms with E-state index in [0.717, 1.165) is 40.1 Å². The van der Waals surface area contributed by atoms with E-state index in [0.29, 0.717) is 13.0 Å². The van der Waals surface area contributed by atoms with Gasteiger partial charge in [0.05, 0.1) is 17.1 Å². The Hall–Kier alpha value is -1.62. The second-order valence-electron chi connectivity index (χ2n) is 4.92. The molecule has 0 aliphatic heterocycles. The van der Waals surface area contributed by atoms with Crippen LogP contribution in [0, 0.1) is 6.92 Å². The first-order valence-corrected chi connectivity index (χ1v) is 7.24. The second-order valence-corrected chi connectivity index (χ2v) is 5.89. The number of carbonyl (C=O) groups excluding carboxylic acids is 1. The van der Waals surface area contributed by atoms with Gasteiger partial charge in [0, 0.05) is 13.5 Å². The first-order valence-electron chi connectivity index (χ1n) is 6.43. The molecule has 0 amide bonds. The number of nitrogens with zero attached hydrogens (tertiary/aromatic N) is 2. The van der Waals surface area contributed by atoms with Gasteiger partial charge in [0.2, 0.25) is 0 Å². The largest absolute Gasteiger partial charge is 0.464 e. The summed E-state index contributed by atoms with van der Waals surface area (Å²) < 4.78 is 5.57. The Bertz CT molecular complexity index is 615. The first kappa shape index (κ1) is 12.4. The van der Waals surface area contributed by atoms with E-state index < -0.39 is 0 Å². The maximum atomic E-state index is 11.8. The summed E-state index contributed by atoms with van der Waals surface area (Å²) in [5, 5.41) is 0.898. The minimum Gasteiger partial charge on any atom is -0.464 e. The predicted octanol–water partition coefficient (Wildman–Crippen LogP) is 3.20. The average Bonchev–Trinajstić information content (AvgIpc) is 2.96. The molecule has 3 rings (SSSR count). The molecule has 0 aromatic carbocycles.